The Labute approximate surface area is 122 Å². The molecule has 104 valence electrons. The molecule has 0 aromatic carbocycles. The van der Waals surface area contributed by atoms with Crippen LogP contribution in [0.25, 0.3) is 0 Å². The fraction of sp³-hybridized carbons (Fsp3) is 0.0833. The molecule has 2 rings (SSSR count). The van der Waals surface area contributed by atoms with Crippen LogP contribution in [0.3, 0.4) is 0 Å². The standard InChI is InChI=1S/C12H11N3O3S2/c1-7(16)14-15-10(17)8-4-6-20-12(8)13-11(18)9-3-2-5-19-9/h2-6H,1H3,(H,13,18)(H,14,16)(H,15,17). The number of rotatable bonds is 3. The van der Waals surface area contributed by atoms with E-state index in [0.29, 0.717) is 15.4 Å². The first-order valence-corrected chi connectivity index (χ1v) is 7.33. The fourth-order valence-corrected chi connectivity index (χ4v) is 2.77. The summed E-state index contributed by atoms with van der Waals surface area (Å²) in [6.07, 6.45) is 0. The summed E-state index contributed by atoms with van der Waals surface area (Å²) in [5, 5.41) is 6.60. The van der Waals surface area contributed by atoms with Crippen LogP contribution in [0.4, 0.5) is 5.00 Å². The molecule has 0 fully saturated rings. The molecule has 0 aliphatic carbocycles. The van der Waals surface area contributed by atoms with E-state index >= 15 is 0 Å². The molecule has 3 amide bonds. The van der Waals surface area contributed by atoms with Gasteiger partial charge >= 0.3 is 0 Å². The van der Waals surface area contributed by atoms with Crippen molar-refractivity contribution in [2.45, 2.75) is 6.92 Å². The van der Waals surface area contributed by atoms with Crippen LogP contribution in [0.5, 0.6) is 0 Å². The average Bonchev–Trinajstić information content (AvgIpc) is 3.06. The van der Waals surface area contributed by atoms with Crippen LogP contribution in [0.1, 0.15) is 27.0 Å². The van der Waals surface area contributed by atoms with Gasteiger partial charge in [0.05, 0.1) is 10.4 Å². The second-order valence-electron chi connectivity index (χ2n) is 3.73. The van der Waals surface area contributed by atoms with Crippen LogP contribution in [-0.2, 0) is 4.79 Å². The number of anilines is 1. The third-order valence-corrected chi connectivity index (χ3v) is 3.93. The highest BCUT2D eigenvalue weighted by molar-refractivity contribution is 7.15. The summed E-state index contributed by atoms with van der Waals surface area (Å²) in [7, 11) is 0. The molecule has 2 aromatic rings. The van der Waals surface area contributed by atoms with E-state index in [4.69, 9.17) is 0 Å². The summed E-state index contributed by atoms with van der Waals surface area (Å²) in [5.41, 5.74) is 4.75. The Morgan fingerprint density at radius 3 is 2.45 bits per heavy atom. The summed E-state index contributed by atoms with van der Waals surface area (Å²) in [4.78, 5) is 35.1. The number of thiophene rings is 2. The van der Waals surface area contributed by atoms with Gasteiger partial charge in [0.15, 0.2) is 0 Å². The van der Waals surface area contributed by atoms with Gasteiger partial charge in [-0.25, -0.2) is 0 Å². The van der Waals surface area contributed by atoms with Gasteiger partial charge < -0.3 is 5.32 Å². The van der Waals surface area contributed by atoms with Crippen molar-refractivity contribution in [3.05, 3.63) is 39.4 Å². The number of hydrogen-bond donors (Lipinski definition) is 3. The molecule has 0 aliphatic heterocycles. The fourth-order valence-electron chi connectivity index (χ4n) is 1.37. The van der Waals surface area contributed by atoms with Gasteiger partial charge in [-0.15, -0.1) is 22.7 Å². The molecule has 2 heterocycles. The first-order chi connectivity index (χ1) is 9.58. The lowest BCUT2D eigenvalue weighted by atomic mass is 10.3. The minimum absolute atomic E-state index is 0.268. The van der Waals surface area contributed by atoms with Gasteiger partial charge in [-0.3, -0.25) is 25.2 Å². The van der Waals surface area contributed by atoms with Crippen molar-refractivity contribution in [3.8, 4) is 0 Å². The van der Waals surface area contributed by atoms with Gasteiger partial charge in [-0.05, 0) is 22.9 Å². The van der Waals surface area contributed by atoms with E-state index in [9.17, 15) is 14.4 Å². The van der Waals surface area contributed by atoms with Gasteiger partial charge in [0.25, 0.3) is 11.8 Å². The molecule has 0 atom stereocenters. The van der Waals surface area contributed by atoms with E-state index in [1.807, 2.05) is 0 Å². The third kappa shape index (κ3) is 3.43. The molecule has 0 radical (unpaired) electrons. The van der Waals surface area contributed by atoms with Crippen LogP contribution < -0.4 is 16.2 Å². The summed E-state index contributed by atoms with van der Waals surface area (Å²) >= 11 is 2.55. The number of carbonyl (C=O) groups excluding carboxylic acids is 3. The minimum Gasteiger partial charge on any atom is -0.312 e. The predicted molar refractivity (Wildman–Crippen MR) is 77.9 cm³/mol. The van der Waals surface area contributed by atoms with Crippen LogP contribution in [0, 0.1) is 0 Å². The Bertz CT molecular complexity index is 634. The molecular formula is C12H11N3O3S2. The number of amides is 3. The number of hydrazine groups is 1. The molecule has 3 N–H and O–H groups in total. The molecule has 20 heavy (non-hydrogen) atoms. The Balaban J connectivity index is 2.07. The summed E-state index contributed by atoms with van der Waals surface area (Å²) in [6, 6.07) is 5.05. The van der Waals surface area contributed by atoms with E-state index in [1.165, 1.54) is 29.6 Å². The monoisotopic (exact) mass is 309 g/mol. The Morgan fingerprint density at radius 2 is 1.80 bits per heavy atom. The lowest BCUT2D eigenvalue weighted by Gasteiger charge is -2.06. The maximum Gasteiger partial charge on any atom is 0.272 e. The zero-order valence-corrected chi connectivity index (χ0v) is 12.1. The predicted octanol–water partition coefficient (Wildman–Crippen LogP) is 1.84. The molecule has 0 bridgehead atoms. The average molecular weight is 309 g/mol. The highest BCUT2D eigenvalue weighted by Crippen LogP contribution is 2.24. The van der Waals surface area contributed by atoms with Gasteiger partial charge in [0.1, 0.15) is 5.00 Å². The van der Waals surface area contributed by atoms with Gasteiger partial charge in [0, 0.05) is 6.92 Å². The second kappa shape index (κ2) is 6.31. The van der Waals surface area contributed by atoms with E-state index in [-0.39, 0.29) is 11.8 Å². The van der Waals surface area contributed by atoms with Crippen molar-refractivity contribution in [2.24, 2.45) is 0 Å². The summed E-state index contributed by atoms with van der Waals surface area (Å²) in [6.45, 7) is 1.29. The van der Waals surface area contributed by atoms with Crippen molar-refractivity contribution in [1.29, 1.82) is 0 Å². The van der Waals surface area contributed by atoms with Crippen LogP contribution in [-0.4, -0.2) is 17.7 Å². The summed E-state index contributed by atoms with van der Waals surface area (Å²) < 4.78 is 0. The molecule has 0 spiro atoms. The van der Waals surface area contributed by atoms with Crippen LogP contribution in [0.2, 0.25) is 0 Å². The van der Waals surface area contributed by atoms with E-state index in [1.54, 1.807) is 29.0 Å². The molecule has 0 aliphatic rings. The normalized spacial score (nSPS) is 9.85. The smallest absolute Gasteiger partial charge is 0.272 e. The lowest BCUT2D eigenvalue weighted by molar-refractivity contribution is -0.119. The van der Waals surface area contributed by atoms with Crippen molar-refractivity contribution < 1.29 is 14.4 Å². The molecule has 2 aromatic heterocycles. The number of carbonyl (C=O) groups is 3. The topological polar surface area (TPSA) is 87.3 Å². The van der Waals surface area contributed by atoms with Crippen molar-refractivity contribution >= 4 is 45.4 Å². The second-order valence-corrected chi connectivity index (χ2v) is 5.59. The number of hydrogen-bond acceptors (Lipinski definition) is 5. The zero-order chi connectivity index (χ0) is 14.5. The maximum absolute atomic E-state index is 11.9. The highest BCUT2D eigenvalue weighted by Gasteiger charge is 2.16. The first kappa shape index (κ1) is 14.2. The zero-order valence-electron chi connectivity index (χ0n) is 10.4. The summed E-state index contributed by atoms with van der Waals surface area (Å²) in [5.74, 6) is -1.13. The van der Waals surface area contributed by atoms with Gasteiger partial charge in [-0.2, -0.15) is 0 Å². The molecule has 0 saturated heterocycles. The van der Waals surface area contributed by atoms with Gasteiger partial charge in [0.2, 0.25) is 5.91 Å². The Kier molecular flexibility index (Phi) is 4.49. The molecule has 0 unspecified atom stereocenters. The molecule has 8 heteroatoms. The third-order valence-electron chi connectivity index (χ3n) is 2.23. The van der Waals surface area contributed by atoms with Crippen molar-refractivity contribution in [1.82, 2.24) is 10.9 Å². The SMILES string of the molecule is CC(=O)NNC(=O)c1ccsc1NC(=O)c1cccs1. The number of nitrogens with one attached hydrogen (secondary N) is 3. The highest BCUT2D eigenvalue weighted by atomic mass is 32.1. The van der Waals surface area contributed by atoms with E-state index in [2.05, 4.69) is 16.2 Å². The lowest BCUT2D eigenvalue weighted by Crippen LogP contribution is -2.40. The quantitative estimate of drug-likeness (QED) is 0.756. The Hall–Kier alpha value is -2.19. The van der Waals surface area contributed by atoms with Crippen LogP contribution >= 0.6 is 22.7 Å². The Morgan fingerprint density at radius 1 is 1.00 bits per heavy atom. The molecular weight excluding hydrogens is 298 g/mol. The van der Waals surface area contributed by atoms with Crippen LogP contribution in [0.15, 0.2) is 29.0 Å². The molecule has 6 nitrogen and oxygen atoms in total. The van der Waals surface area contributed by atoms with E-state index < -0.39 is 5.91 Å². The van der Waals surface area contributed by atoms with Crippen molar-refractivity contribution in [2.75, 3.05) is 5.32 Å². The van der Waals surface area contributed by atoms with Gasteiger partial charge in [-0.1, -0.05) is 6.07 Å². The minimum atomic E-state index is -0.483. The molecule has 0 saturated carbocycles. The largest absolute Gasteiger partial charge is 0.312 e. The maximum atomic E-state index is 11.9. The van der Waals surface area contributed by atoms with Crippen molar-refractivity contribution in [3.63, 3.8) is 0 Å². The first-order valence-electron chi connectivity index (χ1n) is 5.57. The van der Waals surface area contributed by atoms with E-state index in [0.717, 1.165) is 0 Å².